The topological polar surface area (TPSA) is 127 Å². The molecule has 0 aliphatic heterocycles. The Morgan fingerprint density at radius 2 is 1.33 bits per heavy atom. The van der Waals surface area contributed by atoms with Gasteiger partial charge in [0, 0.05) is 0 Å². The summed E-state index contributed by atoms with van der Waals surface area (Å²) in [5.41, 5.74) is 10.9. The van der Waals surface area contributed by atoms with E-state index >= 15 is 0 Å². The molecular weight excluding hydrogens is 224 g/mol. The summed E-state index contributed by atoms with van der Waals surface area (Å²) >= 11 is 0. The van der Waals surface area contributed by atoms with Gasteiger partial charge in [0.2, 0.25) is 0 Å². The van der Waals surface area contributed by atoms with E-state index in [1.807, 2.05) is 0 Å². The van der Waals surface area contributed by atoms with E-state index in [2.05, 4.69) is 6.58 Å². The Morgan fingerprint density at radius 3 is 1.53 bits per heavy atom. The van der Waals surface area contributed by atoms with Crippen molar-refractivity contribution in [1.29, 1.82) is 0 Å². The summed E-state index contributed by atoms with van der Waals surface area (Å²) < 4.78 is 0. The molecule has 6 N–H and O–H groups in total. The fourth-order valence-electron chi connectivity index (χ4n) is 0.880. The van der Waals surface area contributed by atoms with Crippen LogP contribution in [-0.2, 0) is 9.59 Å². The van der Waals surface area contributed by atoms with Crippen LogP contribution in [0.2, 0.25) is 0 Å². The number of carboxylic acids is 2. The van der Waals surface area contributed by atoms with Crippen molar-refractivity contribution in [2.24, 2.45) is 11.5 Å². The Hall–Kier alpha value is -1.11. The van der Waals surface area contributed by atoms with Crippen LogP contribution in [0.15, 0.2) is 12.2 Å². The molecule has 0 aliphatic rings. The highest BCUT2D eigenvalue weighted by molar-refractivity contribution is 5.85. The van der Waals surface area contributed by atoms with Gasteiger partial charge in [0.25, 0.3) is 0 Å². The van der Waals surface area contributed by atoms with Crippen molar-refractivity contribution in [1.82, 2.24) is 0 Å². The second kappa shape index (κ2) is 7.22. The van der Waals surface area contributed by atoms with E-state index < -0.39 is 24.0 Å². The number of hydrogen-bond donors (Lipinski definition) is 4. The van der Waals surface area contributed by atoms with Gasteiger partial charge in [-0.2, -0.15) is 0 Å². The second-order valence-electron chi connectivity index (χ2n) is 3.05. The predicted octanol–water partition coefficient (Wildman–Crippen LogP) is -0.432. The first kappa shape index (κ1) is 16.3. The summed E-state index contributed by atoms with van der Waals surface area (Å²) in [5.74, 6) is -2.29. The largest absolute Gasteiger partial charge is 0.480 e. The smallest absolute Gasteiger partial charge is 0.320 e. The number of nitrogens with two attached hydrogens (primary N) is 2. The summed E-state index contributed by atoms with van der Waals surface area (Å²) in [4.78, 5) is 20.7. The zero-order valence-corrected chi connectivity index (χ0v) is 8.87. The molecule has 0 bridgehead atoms. The maximum atomic E-state index is 10.3. The van der Waals surface area contributed by atoms with Crippen molar-refractivity contribution in [2.45, 2.75) is 24.9 Å². The highest BCUT2D eigenvalue weighted by atomic mass is 35.5. The minimum atomic E-state index is -1.14. The molecule has 0 aliphatic carbocycles. The summed E-state index contributed by atoms with van der Waals surface area (Å²) in [5, 5.41) is 16.9. The quantitative estimate of drug-likeness (QED) is 0.465. The highest BCUT2D eigenvalue weighted by Gasteiger charge is 2.17. The van der Waals surface area contributed by atoms with Gasteiger partial charge in [0.1, 0.15) is 12.1 Å². The third-order valence-electron chi connectivity index (χ3n) is 1.65. The SMILES string of the molecule is C=C(CC(N)C(=O)O)CC(N)C(=O)O.Cl. The highest BCUT2D eigenvalue weighted by Crippen LogP contribution is 2.08. The molecule has 0 aromatic heterocycles. The lowest BCUT2D eigenvalue weighted by atomic mass is 10.0. The normalized spacial score (nSPS) is 13.5. The molecule has 0 aromatic carbocycles. The predicted molar refractivity (Wildman–Crippen MR) is 56.8 cm³/mol. The zero-order chi connectivity index (χ0) is 11.3. The minimum absolute atomic E-state index is 0. The third-order valence-corrected chi connectivity index (χ3v) is 1.65. The van der Waals surface area contributed by atoms with E-state index in [1.165, 1.54) is 0 Å². The van der Waals surface area contributed by atoms with E-state index in [0.29, 0.717) is 5.57 Å². The van der Waals surface area contributed by atoms with Crippen LogP contribution in [0.3, 0.4) is 0 Å². The van der Waals surface area contributed by atoms with Gasteiger partial charge in [-0.3, -0.25) is 9.59 Å². The van der Waals surface area contributed by atoms with Gasteiger partial charge in [-0.1, -0.05) is 12.2 Å². The Balaban J connectivity index is 0. The minimum Gasteiger partial charge on any atom is -0.480 e. The van der Waals surface area contributed by atoms with Crippen LogP contribution >= 0.6 is 12.4 Å². The molecule has 0 rings (SSSR count). The molecule has 7 heteroatoms. The van der Waals surface area contributed by atoms with E-state index in [9.17, 15) is 9.59 Å². The van der Waals surface area contributed by atoms with E-state index in [0.717, 1.165) is 0 Å². The van der Waals surface area contributed by atoms with Crippen molar-refractivity contribution in [2.75, 3.05) is 0 Å². The molecule has 0 aromatic rings. The summed E-state index contributed by atoms with van der Waals surface area (Å²) in [6, 6.07) is -2.10. The molecule has 2 unspecified atom stereocenters. The Bertz CT molecular complexity index is 233. The number of carboxylic acid groups (broad SMARTS) is 2. The zero-order valence-electron chi connectivity index (χ0n) is 8.05. The Kier molecular flexibility index (Phi) is 7.85. The van der Waals surface area contributed by atoms with Gasteiger partial charge in [-0.05, 0) is 12.8 Å². The third kappa shape index (κ3) is 6.89. The number of rotatable bonds is 6. The van der Waals surface area contributed by atoms with Crippen LogP contribution in [0.4, 0.5) is 0 Å². The number of hydrogen-bond acceptors (Lipinski definition) is 4. The maximum absolute atomic E-state index is 10.3. The lowest BCUT2D eigenvalue weighted by molar-refractivity contribution is -0.139. The van der Waals surface area contributed by atoms with Crippen molar-refractivity contribution in [3.8, 4) is 0 Å². The summed E-state index contributed by atoms with van der Waals surface area (Å²) in [6.45, 7) is 3.51. The maximum Gasteiger partial charge on any atom is 0.320 e. The van der Waals surface area contributed by atoms with Crippen molar-refractivity contribution in [3.05, 3.63) is 12.2 Å². The average Bonchev–Trinajstić information content (AvgIpc) is 2.03. The number of carbonyl (C=O) groups is 2. The van der Waals surface area contributed by atoms with E-state index in [4.69, 9.17) is 21.7 Å². The number of halogens is 1. The molecule has 0 fully saturated rings. The molecule has 88 valence electrons. The van der Waals surface area contributed by atoms with Crippen LogP contribution in [0, 0.1) is 0 Å². The van der Waals surface area contributed by atoms with Gasteiger partial charge in [-0.15, -0.1) is 12.4 Å². The fourth-order valence-corrected chi connectivity index (χ4v) is 0.880. The number of aliphatic carboxylic acids is 2. The lowest BCUT2D eigenvalue weighted by Crippen LogP contribution is -2.33. The average molecular weight is 239 g/mol. The van der Waals surface area contributed by atoms with Gasteiger partial charge < -0.3 is 21.7 Å². The molecule has 6 nitrogen and oxygen atoms in total. The molecule has 0 heterocycles. The molecule has 0 amide bonds. The summed E-state index contributed by atoms with van der Waals surface area (Å²) in [7, 11) is 0. The van der Waals surface area contributed by atoms with Crippen LogP contribution in [0.1, 0.15) is 12.8 Å². The molecule has 0 saturated heterocycles. The Labute approximate surface area is 93.3 Å². The van der Waals surface area contributed by atoms with E-state index in [-0.39, 0.29) is 25.2 Å². The fraction of sp³-hybridized carbons (Fsp3) is 0.500. The van der Waals surface area contributed by atoms with Crippen molar-refractivity contribution in [3.63, 3.8) is 0 Å². The first-order chi connectivity index (χ1) is 6.34. The van der Waals surface area contributed by atoms with Crippen LogP contribution in [-0.4, -0.2) is 34.2 Å². The van der Waals surface area contributed by atoms with Gasteiger partial charge >= 0.3 is 11.9 Å². The first-order valence-electron chi connectivity index (χ1n) is 3.98. The monoisotopic (exact) mass is 238 g/mol. The van der Waals surface area contributed by atoms with Crippen LogP contribution < -0.4 is 11.5 Å². The van der Waals surface area contributed by atoms with Gasteiger partial charge in [-0.25, -0.2) is 0 Å². The molecule has 2 atom stereocenters. The van der Waals surface area contributed by atoms with Gasteiger partial charge in [0.05, 0.1) is 0 Å². The van der Waals surface area contributed by atoms with Crippen LogP contribution in [0.5, 0.6) is 0 Å². The standard InChI is InChI=1S/C8H14N2O4.ClH/c1-4(2-5(9)7(11)12)3-6(10)8(13)14;/h5-6H,1-3,9-10H2,(H,11,12)(H,13,14);1H. The molecule has 0 radical (unpaired) electrons. The van der Waals surface area contributed by atoms with Crippen molar-refractivity contribution >= 4 is 24.3 Å². The van der Waals surface area contributed by atoms with Crippen molar-refractivity contribution < 1.29 is 19.8 Å². The Morgan fingerprint density at radius 1 is 1.07 bits per heavy atom. The molecule has 15 heavy (non-hydrogen) atoms. The molecular formula is C8H15ClN2O4. The van der Waals surface area contributed by atoms with E-state index in [1.54, 1.807) is 0 Å². The second-order valence-corrected chi connectivity index (χ2v) is 3.05. The van der Waals surface area contributed by atoms with Gasteiger partial charge in [0.15, 0.2) is 0 Å². The van der Waals surface area contributed by atoms with Crippen LogP contribution in [0.25, 0.3) is 0 Å². The lowest BCUT2D eigenvalue weighted by Gasteiger charge is -2.11. The summed E-state index contributed by atoms with van der Waals surface area (Å²) in [6.07, 6.45) is 0.0760. The first-order valence-corrected chi connectivity index (χ1v) is 3.98. The molecule has 0 spiro atoms. The molecule has 0 saturated carbocycles.